The zero-order valence-corrected chi connectivity index (χ0v) is 22.4. The van der Waals surface area contributed by atoms with Gasteiger partial charge in [-0.25, -0.2) is 0 Å². The Morgan fingerprint density at radius 1 is 0.816 bits per heavy atom. The van der Waals surface area contributed by atoms with Crippen molar-refractivity contribution >= 4 is 46.5 Å². The minimum atomic E-state index is -4.87. The number of carbonyl (C=O) groups is 2. The molecule has 4 rings (SSSR count). The van der Waals surface area contributed by atoms with Gasteiger partial charge in [-0.05, 0) is 51.6 Å². The Bertz CT molecular complexity index is 1280. The maximum absolute atomic E-state index is 12.2. The van der Waals surface area contributed by atoms with Crippen LogP contribution in [0.2, 0.25) is 0 Å². The molecule has 2 aromatic rings. The molecule has 38 heavy (non-hydrogen) atoms. The molecule has 0 spiro atoms. The molecule has 1 radical (unpaired) electrons. The Balaban J connectivity index is 0.000000260. The molecule has 0 saturated heterocycles. The second-order valence-electron chi connectivity index (χ2n) is 7.83. The Kier molecular flexibility index (Phi) is 10.4. The average Bonchev–Trinajstić information content (AvgIpc) is 3.39. The molecule has 0 bridgehead atoms. The number of nitrogens with zero attached hydrogens (tertiary/aromatic N) is 2. The van der Waals surface area contributed by atoms with E-state index in [0.717, 1.165) is 34.0 Å². The van der Waals surface area contributed by atoms with Crippen LogP contribution in [0.5, 0.6) is 5.75 Å². The summed E-state index contributed by atoms with van der Waals surface area (Å²) in [6.45, 7) is 4.06. The molecule has 14 heteroatoms. The summed E-state index contributed by atoms with van der Waals surface area (Å²) in [7, 11) is 1.49. The minimum absolute atomic E-state index is 0. The summed E-state index contributed by atoms with van der Waals surface area (Å²) in [5.74, 6) is -2.88. The van der Waals surface area contributed by atoms with Gasteiger partial charge >= 0.3 is 29.1 Å². The van der Waals surface area contributed by atoms with Crippen molar-refractivity contribution in [3.8, 4) is 5.75 Å². The van der Waals surface area contributed by atoms with E-state index < -0.39 is 23.9 Å². The Morgan fingerprint density at radius 2 is 1.26 bits per heavy atom. The summed E-state index contributed by atoms with van der Waals surface area (Å²) in [6, 6.07) is 10.5. The van der Waals surface area contributed by atoms with Crippen LogP contribution in [0.4, 0.5) is 37.7 Å². The van der Waals surface area contributed by atoms with Crippen LogP contribution in [0.15, 0.2) is 68.4 Å². The molecule has 0 aromatic heterocycles. The summed E-state index contributed by atoms with van der Waals surface area (Å²) < 4.78 is 77.7. The van der Waals surface area contributed by atoms with E-state index in [0.29, 0.717) is 40.1 Å². The van der Waals surface area contributed by atoms with Crippen LogP contribution in [0, 0.1) is 0 Å². The van der Waals surface area contributed by atoms with Crippen molar-refractivity contribution in [2.45, 2.75) is 41.9 Å². The molecule has 2 aliphatic rings. The van der Waals surface area contributed by atoms with Crippen LogP contribution >= 0.6 is 23.5 Å². The van der Waals surface area contributed by atoms with Gasteiger partial charge in [0, 0.05) is 0 Å². The molecule has 0 fully saturated rings. The largest absolute Gasteiger partial charge is 2.00 e. The van der Waals surface area contributed by atoms with E-state index in [4.69, 9.17) is 4.74 Å². The van der Waals surface area contributed by atoms with E-state index in [-0.39, 0.29) is 26.8 Å². The van der Waals surface area contributed by atoms with Crippen molar-refractivity contribution in [2.75, 3.05) is 7.11 Å². The third-order valence-corrected chi connectivity index (χ3v) is 6.71. The van der Waals surface area contributed by atoms with Crippen LogP contribution in [0.1, 0.15) is 25.3 Å². The molecule has 5 nitrogen and oxygen atoms in total. The monoisotopic (exact) mass is 619 g/mol. The molecule has 0 atom stereocenters. The zero-order chi connectivity index (χ0) is 27.5. The number of halogens is 6. The number of allylic oxidation sites excluding steroid dienone is 2. The third kappa shape index (κ3) is 8.22. The standard InChI is InChI=1S/C13H12F3NOS.C11H8F3NO2S.Co/c1-7(2)8-3-4-9-10(5-8)19-12(17-9)6-11(18)13(14,15)16;1-17-6-2-3-7-8(4-6)18-10(15-7)5-9(16)11(12,13)14;/h3-7H,1-2H3,(H,17,18);2-5H,1H3,(H,15,16);/q;;+2/p-2. The maximum atomic E-state index is 12.2. The number of fused-ring (bicyclic) bond motifs is 2. The normalized spacial score (nSPS) is 16.1. The fraction of sp³-hybridized carbons (Fsp3) is 0.250. The number of methoxy groups -OCH3 is 1. The fourth-order valence-electron chi connectivity index (χ4n) is 2.88. The van der Waals surface area contributed by atoms with Crippen molar-refractivity contribution in [3.63, 3.8) is 0 Å². The average molecular weight is 619 g/mol. The smallest absolute Gasteiger partial charge is 0.651 e. The molecule has 0 saturated carbocycles. The first kappa shape index (κ1) is 31.7. The number of ketones is 2. The summed E-state index contributed by atoms with van der Waals surface area (Å²) >= 11 is 2.09. The predicted octanol–water partition coefficient (Wildman–Crippen LogP) is 8.67. The number of thioether (sulfide) groups is 2. The fourth-order valence-corrected chi connectivity index (χ4v) is 4.76. The molecular weight excluding hydrogens is 601 g/mol. The Hall–Kier alpha value is -2.55. The van der Waals surface area contributed by atoms with Crippen LogP contribution in [0.3, 0.4) is 0 Å². The SMILES string of the molecule is CC(C)c1ccc2c(c1)S/C(=C/C(=O)C(F)(F)F)[N-]2.COc1ccc2c(c1)S/C(=C/C(=O)C(F)(F)F)[N-]2.[Co+2]. The van der Waals surface area contributed by atoms with E-state index in [1.807, 2.05) is 26.0 Å². The van der Waals surface area contributed by atoms with Gasteiger partial charge in [0.2, 0.25) is 0 Å². The number of hydrogen-bond donors (Lipinski definition) is 0. The molecular formula is C24H18CoF6N2O3S2. The summed E-state index contributed by atoms with van der Waals surface area (Å²) in [5.41, 5.74) is 2.22. The van der Waals surface area contributed by atoms with Gasteiger partial charge in [-0.3, -0.25) is 9.59 Å². The van der Waals surface area contributed by atoms with Crippen molar-refractivity contribution in [2.24, 2.45) is 0 Å². The van der Waals surface area contributed by atoms with Gasteiger partial charge in [-0.2, -0.15) is 26.3 Å². The predicted molar refractivity (Wildman–Crippen MR) is 130 cm³/mol. The molecule has 2 aliphatic heterocycles. The summed E-state index contributed by atoms with van der Waals surface area (Å²) in [5, 5.41) is 8.05. The van der Waals surface area contributed by atoms with Gasteiger partial charge in [0.1, 0.15) is 5.75 Å². The third-order valence-electron chi connectivity index (χ3n) is 4.78. The number of alkyl halides is 6. The summed E-state index contributed by atoms with van der Waals surface area (Å²) in [6.07, 6.45) is -8.67. The van der Waals surface area contributed by atoms with E-state index in [1.165, 1.54) is 7.11 Å². The van der Waals surface area contributed by atoms with Crippen LogP contribution < -0.4 is 4.74 Å². The Morgan fingerprint density at radius 3 is 1.68 bits per heavy atom. The van der Waals surface area contributed by atoms with Gasteiger partial charge in [-0.15, -0.1) is 34.9 Å². The zero-order valence-electron chi connectivity index (χ0n) is 19.7. The molecule has 0 unspecified atom stereocenters. The molecule has 2 heterocycles. The second-order valence-corrected chi connectivity index (χ2v) is 9.96. The number of rotatable bonds is 4. The topological polar surface area (TPSA) is 71.6 Å². The quantitative estimate of drug-likeness (QED) is 0.253. The van der Waals surface area contributed by atoms with Crippen molar-refractivity contribution < 1.29 is 57.4 Å². The van der Waals surface area contributed by atoms with Gasteiger partial charge in [0.05, 0.1) is 7.11 Å². The van der Waals surface area contributed by atoms with Crippen molar-refractivity contribution in [3.05, 3.63) is 74.8 Å². The van der Waals surface area contributed by atoms with Gasteiger partial charge in [0.15, 0.2) is 0 Å². The molecule has 0 amide bonds. The first-order chi connectivity index (χ1) is 17.2. The number of benzene rings is 2. The van der Waals surface area contributed by atoms with Crippen molar-refractivity contribution in [1.82, 2.24) is 0 Å². The molecule has 0 aliphatic carbocycles. The first-order valence-corrected chi connectivity index (χ1v) is 12.1. The maximum Gasteiger partial charge on any atom is 2.00 e. The molecule has 0 N–H and O–H groups in total. The van der Waals surface area contributed by atoms with E-state index in [9.17, 15) is 35.9 Å². The van der Waals surface area contributed by atoms with E-state index in [1.54, 1.807) is 24.3 Å². The molecule has 2 aromatic carbocycles. The number of ether oxygens (including phenoxy) is 1. The Labute approximate surface area is 233 Å². The summed E-state index contributed by atoms with van der Waals surface area (Å²) in [4.78, 5) is 23.1. The van der Waals surface area contributed by atoms with Crippen LogP contribution in [-0.2, 0) is 26.4 Å². The van der Waals surface area contributed by atoms with Gasteiger partial charge < -0.3 is 15.4 Å². The van der Waals surface area contributed by atoms with Gasteiger partial charge in [-0.1, -0.05) is 42.1 Å². The second kappa shape index (κ2) is 12.5. The van der Waals surface area contributed by atoms with E-state index in [2.05, 4.69) is 10.6 Å². The van der Waals surface area contributed by atoms with E-state index >= 15 is 0 Å². The molecule has 205 valence electrons. The number of hydrogen-bond acceptors (Lipinski definition) is 5. The van der Waals surface area contributed by atoms with Crippen LogP contribution in [0.25, 0.3) is 10.6 Å². The minimum Gasteiger partial charge on any atom is -0.651 e. The van der Waals surface area contributed by atoms with Crippen molar-refractivity contribution in [1.29, 1.82) is 0 Å². The van der Waals surface area contributed by atoms with Gasteiger partial charge in [0.25, 0.3) is 11.6 Å². The first-order valence-electron chi connectivity index (χ1n) is 10.4. The van der Waals surface area contributed by atoms with Crippen LogP contribution in [-0.4, -0.2) is 31.0 Å². The number of carbonyl (C=O) groups excluding carboxylic acids is 2.